The van der Waals surface area contributed by atoms with E-state index in [0.717, 1.165) is 22.2 Å². The van der Waals surface area contributed by atoms with Gasteiger partial charge in [-0.15, -0.1) is 0 Å². The smallest absolute Gasteiger partial charge is 0.269 e. The molecule has 0 bridgehead atoms. The standard InChI is InChI=1S/C24H22BrN5O4/c1-3-33-22-13-17(14-26-28-24-27-20-6-4-5-7-21(20)29(24)2)12-19(25)23(22)34-15-16-8-10-18(11-9-16)30(31)32/h4-14H,3,15H2,1-2H3,(H,27,28)/b26-14-. The monoisotopic (exact) mass is 523 g/mol. The van der Waals surface area contributed by atoms with Crippen molar-refractivity contribution in [3.63, 3.8) is 0 Å². The van der Waals surface area contributed by atoms with Gasteiger partial charge in [-0.25, -0.2) is 10.4 Å². The van der Waals surface area contributed by atoms with Crippen LogP contribution in [-0.4, -0.2) is 27.3 Å². The van der Waals surface area contributed by atoms with Crippen LogP contribution in [0.1, 0.15) is 18.1 Å². The fourth-order valence-corrected chi connectivity index (χ4v) is 3.92. The zero-order chi connectivity index (χ0) is 24.1. The van der Waals surface area contributed by atoms with Gasteiger partial charge in [-0.2, -0.15) is 5.10 Å². The summed E-state index contributed by atoms with van der Waals surface area (Å²) in [6.07, 6.45) is 1.67. The maximum absolute atomic E-state index is 10.8. The number of hydrazone groups is 1. The number of aryl methyl sites for hydroxylation is 1. The molecule has 0 saturated heterocycles. The minimum absolute atomic E-state index is 0.0378. The van der Waals surface area contributed by atoms with Gasteiger partial charge in [0.25, 0.3) is 5.69 Å². The third-order valence-electron chi connectivity index (χ3n) is 5.03. The number of hydrogen-bond acceptors (Lipinski definition) is 7. The molecule has 0 amide bonds. The number of ether oxygens (including phenoxy) is 2. The number of nitrogens with one attached hydrogen (secondary N) is 1. The van der Waals surface area contributed by atoms with Crippen molar-refractivity contribution >= 4 is 44.8 Å². The Morgan fingerprint density at radius 3 is 2.65 bits per heavy atom. The van der Waals surface area contributed by atoms with Gasteiger partial charge in [-0.05, 0) is 70.4 Å². The van der Waals surface area contributed by atoms with E-state index in [1.807, 2.05) is 54.9 Å². The lowest BCUT2D eigenvalue weighted by Crippen LogP contribution is -2.02. The van der Waals surface area contributed by atoms with Crippen LogP contribution in [0.15, 0.2) is 70.2 Å². The lowest BCUT2D eigenvalue weighted by molar-refractivity contribution is -0.384. The SMILES string of the molecule is CCOc1cc(/C=N\Nc2nc3ccccc3n2C)cc(Br)c1OCc1ccc([N+](=O)[O-])cc1. The first kappa shape index (κ1) is 23.2. The van der Waals surface area contributed by atoms with Crippen molar-refractivity contribution in [1.82, 2.24) is 9.55 Å². The highest BCUT2D eigenvalue weighted by atomic mass is 79.9. The molecule has 0 radical (unpaired) electrons. The minimum Gasteiger partial charge on any atom is -0.490 e. The van der Waals surface area contributed by atoms with Gasteiger partial charge in [0.1, 0.15) is 6.61 Å². The van der Waals surface area contributed by atoms with Crippen molar-refractivity contribution < 1.29 is 14.4 Å². The molecule has 174 valence electrons. The highest BCUT2D eigenvalue weighted by Crippen LogP contribution is 2.37. The first-order valence-corrected chi connectivity index (χ1v) is 11.3. The second-order valence-electron chi connectivity index (χ2n) is 7.33. The molecule has 1 heterocycles. The van der Waals surface area contributed by atoms with Crippen molar-refractivity contribution in [2.24, 2.45) is 12.1 Å². The largest absolute Gasteiger partial charge is 0.490 e. The first-order valence-electron chi connectivity index (χ1n) is 10.5. The summed E-state index contributed by atoms with van der Waals surface area (Å²) in [4.78, 5) is 14.9. The fraction of sp³-hybridized carbons (Fsp3) is 0.167. The number of nitro benzene ring substituents is 1. The normalized spacial score (nSPS) is 11.1. The number of aromatic nitrogens is 2. The van der Waals surface area contributed by atoms with Crippen molar-refractivity contribution in [3.8, 4) is 11.5 Å². The molecule has 0 saturated carbocycles. The summed E-state index contributed by atoms with van der Waals surface area (Å²) >= 11 is 3.55. The molecule has 0 fully saturated rings. The number of halogens is 1. The predicted molar refractivity (Wildman–Crippen MR) is 135 cm³/mol. The zero-order valence-electron chi connectivity index (χ0n) is 18.6. The van der Waals surface area contributed by atoms with Crippen LogP contribution >= 0.6 is 15.9 Å². The van der Waals surface area contributed by atoms with Gasteiger partial charge in [-0.1, -0.05) is 12.1 Å². The molecule has 1 aromatic heterocycles. The summed E-state index contributed by atoms with van der Waals surface area (Å²) in [6.45, 7) is 2.58. The molecule has 0 aliphatic heterocycles. The number of rotatable bonds is 9. The Morgan fingerprint density at radius 2 is 1.94 bits per heavy atom. The van der Waals surface area contributed by atoms with E-state index in [4.69, 9.17) is 9.47 Å². The molecule has 0 atom stereocenters. The molecule has 4 aromatic rings. The average Bonchev–Trinajstić information content (AvgIpc) is 3.14. The number of hydrogen-bond donors (Lipinski definition) is 1. The van der Waals surface area contributed by atoms with Crippen LogP contribution in [0.25, 0.3) is 11.0 Å². The van der Waals surface area contributed by atoms with Gasteiger partial charge in [-0.3, -0.25) is 10.1 Å². The van der Waals surface area contributed by atoms with Gasteiger partial charge in [0, 0.05) is 19.2 Å². The molecule has 3 aromatic carbocycles. The highest BCUT2D eigenvalue weighted by Gasteiger charge is 2.13. The van der Waals surface area contributed by atoms with Crippen molar-refractivity contribution in [2.45, 2.75) is 13.5 Å². The number of fused-ring (bicyclic) bond motifs is 1. The van der Waals surface area contributed by atoms with Crippen LogP contribution in [-0.2, 0) is 13.7 Å². The minimum atomic E-state index is -0.431. The van der Waals surface area contributed by atoms with E-state index >= 15 is 0 Å². The Balaban J connectivity index is 1.49. The van der Waals surface area contributed by atoms with E-state index < -0.39 is 4.92 Å². The Morgan fingerprint density at radius 1 is 1.18 bits per heavy atom. The molecule has 0 unspecified atom stereocenters. The van der Waals surface area contributed by atoms with Gasteiger partial charge in [0.15, 0.2) is 11.5 Å². The summed E-state index contributed by atoms with van der Waals surface area (Å²) in [5.74, 6) is 1.73. The quantitative estimate of drug-likeness (QED) is 0.172. The number of nitrogens with zero attached hydrogens (tertiary/aromatic N) is 4. The average molecular weight is 524 g/mol. The first-order chi connectivity index (χ1) is 16.5. The number of non-ortho nitro benzene ring substituents is 1. The van der Waals surface area contributed by atoms with Crippen molar-refractivity contribution in [1.29, 1.82) is 0 Å². The molecular weight excluding hydrogens is 502 g/mol. The number of imidazole rings is 1. The maximum Gasteiger partial charge on any atom is 0.269 e. The molecule has 1 N–H and O–H groups in total. The molecule has 10 heteroatoms. The summed E-state index contributed by atoms with van der Waals surface area (Å²) < 4.78 is 14.4. The van der Waals surface area contributed by atoms with Gasteiger partial charge in [0.05, 0.1) is 33.3 Å². The predicted octanol–water partition coefficient (Wildman–Crippen LogP) is 5.67. The topological polar surface area (TPSA) is 104 Å². The van der Waals surface area contributed by atoms with Crippen molar-refractivity contribution in [3.05, 3.63) is 86.4 Å². The Hall–Kier alpha value is -3.92. The maximum atomic E-state index is 10.8. The number of benzene rings is 3. The van der Waals surface area contributed by atoms with Crippen LogP contribution < -0.4 is 14.9 Å². The lowest BCUT2D eigenvalue weighted by atomic mass is 10.2. The Bertz CT molecular complexity index is 1350. The molecule has 4 rings (SSSR count). The molecule has 0 aliphatic carbocycles. The third kappa shape index (κ3) is 5.18. The van der Waals surface area contributed by atoms with Crippen LogP contribution in [0.4, 0.5) is 11.6 Å². The number of anilines is 1. The second kappa shape index (κ2) is 10.3. The van der Waals surface area contributed by atoms with Crippen molar-refractivity contribution in [2.75, 3.05) is 12.0 Å². The van der Waals surface area contributed by atoms with E-state index in [9.17, 15) is 10.1 Å². The van der Waals surface area contributed by atoms with E-state index in [0.29, 0.717) is 28.5 Å². The van der Waals surface area contributed by atoms with Gasteiger partial charge < -0.3 is 14.0 Å². The van der Waals surface area contributed by atoms with Crippen LogP contribution in [0.3, 0.4) is 0 Å². The fourth-order valence-electron chi connectivity index (χ4n) is 3.34. The molecule has 0 spiro atoms. The summed E-state index contributed by atoms with van der Waals surface area (Å²) in [5.41, 5.74) is 6.52. The van der Waals surface area contributed by atoms with Crippen LogP contribution in [0, 0.1) is 10.1 Å². The van der Waals surface area contributed by atoms with Gasteiger partial charge >= 0.3 is 0 Å². The van der Waals surface area contributed by atoms with E-state index in [1.165, 1.54) is 12.1 Å². The van der Waals surface area contributed by atoms with E-state index in [1.54, 1.807) is 18.3 Å². The van der Waals surface area contributed by atoms with Crippen LogP contribution in [0.2, 0.25) is 0 Å². The molecule has 0 aliphatic rings. The summed E-state index contributed by atoms with van der Waals surface area (Å²) in [7, 11) is 1.92. The number of para-hydroxylation sites is 2. The van der Waals surface area contributed by atoms with Crippen LogP contribution in [0.5, 0.6) is 11.5 Å². The second-order valence-corrected chi connectivity index (χ2v) is 8.18. The van der Waals surface area contributed by atoms with E-state index in [2.05, 4.69) is 31.4 Å². The number of nitro groups is 1. The summed E-state index contributed by atoms with van der Waals surface area (Å²) in [5, 5.41) is 15.2. The zero-order valence-corrected chi connectivity index (χ0v) is 20.2. The molecule has 9 nitrogen and oxygen atoms in total. The Labute approximate surface area is 204 Å². The lowest BCUT2D eigenvalue weighted by Gasteiger charge is -2.14. The van der Waals surface area contributed by atoms with E-state index in [-0.39, 0.29) is 12.3 Å². The molecular formula is C24H22BrN5O4. The molecule has 34 heavy (non-hydrogen) atoms. The summed E-state index contributed by atoms with van der Waals surface area (Å²) in [6, 6.07) is 17.8. The third-order valence-corrected chi connectivity index (χ3v) is 5.62. The Kier molecular flexibility index (Phi) is 7.07. The highest BCUT2D eigenvalue weighted by molar-refractivity contribution is 9.10. The van der Waals surface area contributed by atoms with Gasteiger partial charge in [0.2, 0.25) is 5.95 Å².